The number of rotatable bonds is 1. The van der Waals surface area contributed by atoms with Crippen LogP contribution in [0.2, 0.25) is 0 Å². The number of aromatic carboxylic acids is 1. The SMILES string of the molecule is O=C(O)c1ccc2ccc3ccccc3c2n1.c1ccc2c(c1)ccc1cccnc12. The fourth-order valence-corrected chi connectivity index (χ4v) is 3.79. The number of aromatic nitrogens is 2. The molecule has 4 aromatic carbocycles. The van der Waals surface area contributed by atoms with Gasteiger partial charge in [-0.3, -0.25) is 4.98 Å². The zero-order valence-corrected chi connectivity index (χ0v) is 16.6. The third-order valence-electron chi connectivity index (χ3n) is 5.30. The molecule has 0 aliphatic rings. The predicted octanol–water partition coefficient (Wildman–Crippen LogP) is 6.47. The zero-order valence-electron chi connectivity index (χ0n) is 16.6. The van der Waals surface area contributed by atoms with Crippen LogP contribution in [0.1, 0.15) is 10.5 Å². The van der Waals surface area contributed by atoms with Gasteiger partial charge in [0, 0.05) is 27.7 Å². The van der Waals surface area contributed by atoms with E-state index in [1.165, 1.54) is 22.2 Å². The van der Waals surface area contributed by atoms with Crippen molar-refractivity contribution in [3.8, 4) is 0 Å². The molecular weight excluding hydrogens is 384 g/mol. The molecule has 6 aromatic rings. The predicted molar refractivity (Wildman–Crippen MR) is 125 cm³/mol. The molecule has 0 atom stereocenters. The molecule has 0 aliphatic heterocycles. The molecule has 2 heterocycles. The Morgan fingerprint density at radius 3 is 1.77 bits per heavy atom. The van der Waals surface area contributed by atoms with Crippen LogP contribution < -0.4 is 0 Å². The third kappa shape index (κ3) is 3.55. The summed E-state index contributed by atoms with van der Waals surface area (Å²) >= 11 is 0. The summed E-state index contributed by atoms with van der Waals surface area (Å²) in [6.07, 6.45) is 1.84. The van der Waals surface area contributed by atoms with E-state index in [0.717, 1.165) is 27.2 Å². The van der Waals surface area contributed by atoms with E-state index in [4.69, 9.17) is 5.11 Å². The summed E-state index contributed by atoms with van der Waals surface area (Å²) in [4.78, 5) is 19.5. The lowest BCUT2D eigenvalue weighted by molar-refractivity contribution is 0.0691. The molecule has 0 amide bonds. The normalized spacial score (nSPS) is 10.8. The van der Waals surface area contributed by atoms with Gasteiger partial charge in [0.15, 0.2) is 0 Å². The van der Waals surface area contributed by atoms with Crippen LogP contribution in [0, 0.1) is 0 Å². The van der Waals surface area contributed by atoms with E-state index in [-0.39, 0.29) is 5.69 Å². The van der Waals surface area contributed by atoms with Crippen LogP contribution in [0.3, 0.4) is 0 Å². The Balaban J connectivity index is 0.000000134. The highest BCUT2D eigenvalue weighted by atomic mass is 16.4. The maximum absolute atomic E-state index is 10.9. The Labute approximate surface area is 178 Å². The van der Waals surface area contributed by atoms with Crippen LogP contribution in [-0.2, 0) is 0 Å². The molecule has 1 N–H and O–H groups in total. The minimum Gasteiger partial charge on any atom is -0.477 e. The van der Waals surface area contributed by atoms with Crippen molar-refractivity contribution in [2.75, 3.05) is 0 Å². The van der Waals surface area contributed by atoms with Gasteiger partial charge in [0.25, 0.3) is 0 Å². The molecule has 0 aliphatic carbocycles. The van der Waals surface area contributed by atoms with Gasteiger partial charge in [0.05, 0.1) is 11.0 Å². The first-order chi connectivity index (χ1) is 15.2. The Bertz CT molecular complexity index is 1520. The molecule has 0 fully saturated rings. The van der Waals surface area contributed by atoms with Crippen molar-refractivity contribution in [2.24, 2.45) is 0 Å². The molecule has 4 heteroatoms. The monoisotopic (exact) mass is 402 g/mol. The molecule has 0 radical (unpaired) electrons. The first kappa shape index (κ1) is 18.7. The van der Waals surface area contributed by atoms with Gasteiger partial charge in [-0.15, -0.1) is 0 Å². The van der Waals surface area contributed by atoms with E-state index in [1.807, 2.05) is 48.7 Å². The van der Waals surface area contributed by atoms with E-state index < -0.39 is 5.97 Å². The first-order valence-electron chi connectivity index (χ1n) is 9.95. The second-order valence-corrected chi connectivity index (χ2v) is 7.22. The van der Waals surface area contributed by atoms with Crippen molar-refractivity contribution in [1.82, 2.24) is 9.97 Å². The van der Waals surface area contributed by atoms with E-state index >= 15 is 0 Å². The summed E-state index contributed by atoms with van der Waals surface area (Å²) in [6.45, 7) is 0. The van der Waals surface area contributed by atoms with E-state index in [2.05, 4.69) is 52.4 Å². The number of carboxylic acids is 1. The number of pyridine rings is 2. The standard InChI is InChI=1S/C14H9NO2.C13H9N/c16-14(17)12-8-7-10-6-5-9-3-1-2-4-11(9)13(10)15-12;1-2-6-12-10(4-1)7-8-11-5-3-9-14-13(11)12/h1-8H,(H,16,17);1-9H. The highest BCUT2D eigenvalue weighted by Gasteiger charge is 2.07. The van der Waals surface area contributed by atoms with Gasteiger partial charge >= 0.3 is 5.97 Å². The van der Waals surface area contributed by atoms with Crippen LogP contribution in [0.4, 0.5) is 0 Å². The molecule has 0 spiro atoms. The van der Waals surface area contributed by atoms with Gasteiger partial charge < -0.3 is 5.11 Å². The van der Waals surface area contributed by atoms with Crippen LogP contribution in [0.5, 0.6) is 0 Å². The summed E-state index contributed by atoms with van der Waals surface area (Å²) in [5.74, 6) is -1.00. The second kappa shape index (κ2) is 7.84. The highest BCUT2D eigenvalue weighted by molar-refractivity contribution is 6.06. The number of benzene rings is 4. The second-order valence-electron chi connectivity index (χ2n) is 7.22. The van der Waals surface area contributed by atoms with Gasteiger partial charge in [-0.1, -0.05) is 84.9 Å². The van der Waals surface area contributed by atoms with Crippen molar-refractivity contribution in [2.45, 2.75) is 0 Å². The van der Waals surface area contributed by atoms with Gasteiger partial charge in [0.2, 0.25) is 0 Å². The van der Waals surface area contributed by atoms with Gasteiger partial charge in [-0.25, -0.2) is 9.78 Å². The van der Waals surface area contributed by atoms with Gasteiger partial charge in [-0.05, 0) is 22.9 Å². The van der Waals surface area contributed by atoms with Crippen LogP contribution in [0.25, 0.3) is 43.4 Å². The summed E-state index contributed by atoms with van der Waals surface area (Å²) in [6, 6.07) is 31.8. The van der Waals surface area contributed by atoms with Crippen LogP contribution >= 0.6 is 0 Å². The Morgan fingerprint density at radius 2 is 1.10 bits per heavy atom. The smallest absolute Gasteiger partial charge is 0.354 e. The number of hydrogen-bond acceptors (Lipinski definition) is 3. The summed E-state index contributed by atoms with van der Waals surface area (Å²) in [5.41, 5.74) is 1.91. The van der Waals surface area contributed by atoms with Gasteiger partial charge in [0.1, 0.15) is 5.69 Å². The van der Waals surface area contributed by atoms with E-state index in [0.29, 0.717) is 0 Å². The fourth-order valence-electron chi connectivity index (χ4n) is 3.79. The molecule has 148 valence electrons. The molecule has 0 unspecified atom stereocenters. The van der Waals surface area contributed by atoms with Gasteiger partial charge in [-0.2, -0.15) is 0 Å². The van der Waals surface area contributed by atoms with Crippen molar-refractivity contribution in [1.29, 1.82) is 0 Å². The lowest BCUT2D eigenvalue weighted by Crippen LogP contribution is -1.99. The number of carbonyl (C=O) groups is 1. The largest absolute Gasteiger partial charge is 0.477 e. The van der Waals surface area contributed by atoms with Crippen LogP contribution in [0.15, 0.2) is 103 Å². The van der Waals surface area contributed by atoms with E-state index in [1.54, 1.807) is 6.07 Å². The summed E-state index contributed by atoms with van der Waals surface area (Å²) in [7, 11) is 0. The molecule has 0 saturated heterocycles. The van der Waals surface area contributed by atoms with Crippen molar-refractivity contribution < 1.29 is 9.90 Å². The molecule has 31 heavy (non-hydrogen) atoms. The fraction of sp³-hybridized carbons (Fsp3) is 0. The average molecular weight is 402 g/mol. The number of nitrogens with zero attached hydrogens (tertiary/aromatic N) is 2. The molecule has 6 rings (SSSR count). The molecule has 0 saturated carbocycles. The van der Waals surface area contributed by atoms with Crippen molar-refractivity contribution in [3.05, 3.63) is 109 Å². The lowest BCUT2D eigenvalue weighted by atomic mass is 10.1. The molecular formula is C27H18N2O2. The maximum Gasteiger partial charge on any atom is 0.354 e. The topological polar surface area (TPSA) is 63.1 Å². The number of carboxylic acid groups (broad SMARTS) is 1. The number of fused-ring (bicyclic) bond motifs is 6. The average Bonchev–Trinajstić information content (AvgIpc) is 2.84. The molecule has 4 nitrogen and oxygen atoms in total. The van der Waals surface area contributed by atoms with Crippen molar-refractivity contribution >= 4 is 49.3 Å². The minimum atomic E-state index is -1.00. The first-order valence-corrected chi connectivity index (χ1v) is 9.95. The summed E-state index contributed by atoms with van der Waals surface area (Å²) in [5, 5.41) is 15.6. The molecule has 2 aromatic heterocycles. The molecule has 0 bridgehead atoms. The Morgan fingerprint density at radius 1 is 0.581 bits per heavy atom. The highest BCUT2D eigenvalue weighted by Crippen LogP contribution is 2.24. The third-order valence-corrected chi connectivity index (χ3v) is 5.30. The Hall–Kier alpha value is -4.31. The lowest BCUT2D eigenvalue weighted by Gasteiger charge is -2.03. The minimum absolute atomic E-state index is 0.0776. The number of hydrogen-bond donors (Lipinski definition) is 1. The quantitative estimate of drug-likeness (QED) is 0.320. The van der Waals surface area contributed by atoms with Crippen molar-refractivity contribution in [3.63, 3.8) is 0 Å². The zero-order chi connectivity index (χ0) is 21.2. The summed E-state index contributed by atoms with van der Waals surface area (Å²) < 4.78 is 0. The van der Waals surface area contributed by atoms with E-state index in [9.17, 15) is 4.79 Å². The van der Waals surface area contributed by atoms with Crippen LogP contribution in [-0.4, -0.2) is 21.0 Å². The maximum atomic E-state index is 10.9. The Kier molecular flexibility index (Phi) is 4.73.